The molecule has 0 saturated heterocycles. The molecule has 0 unspecified atom stereocenters. The second kappa shape index (κ2) is 6.49. The Labute approximate surface area is 147 Å². The minimum atomic E-state index is -0.439. The number of aromatic nitrogens is 1. The maximum absolute atomic E-state index is 12.5. The van der Waals surface area contributed by atoms with Crippen molar-refractivity contribution in [2.45, 2.75) is 0 Å². The number of carbonyl (C=O) groups excluding carboxylic acids is 1. The minimum absolute atomic E-state index is 0.100. The lowest BCUT2D eigenvalue weighted by molar-refractivity contribution is 0.102. The maximum Gasteiger partial charge on any atom is 0.263 e. The molecule has 0 spiro atoms. The maximum atomic E-state index is 12.5. The molecule has 0 bridgehead atoms. The molecule has 3 rings (SSSR count). The van der Waals surface area contributed by atoms with Gasteiger partial charge in [-0.15, -0.1) is 0 Å². The van der Waals surface area contributed by atoms with Crippen LogP contribution in [-0.2, 0) is 7.05 Å². The van der Waals surface area contributed by atoms with Gasteiger partial charge in [-0.3, -0.25) is 9.59 Å². The van der Waals surface area contributed by atoms with Gasteiger partial charge in [0.2, 0.25) is 0 Å². The van der Waals surface area contributed by atoms with E-state index in [9.17, 15) is 9.59 Å². The van der Waals surface area contributed by atoms with Crippen molar-refractivity contribution in [2.75, 3.05) is 12.4 Å². The van der Waals surface area contributed by atoms with Crippen LogP contribution >= 0.6 is 15.9 Å². The van der Waals surface area contributed by atoms with Crippen LogP contribution in [0.3, 0.4) is 0 Å². The Kier molecular flexibility index (Phi) is 4.40. The van der Waals surface area contributed by atoms with E-state index in [0.717, 1.165) is 15.4 Å². The number of benzene rings is 2. The Hall–Kier alpha value is -2.60. The quantitative estimate of drug-likeness (QED) is 0.748. The molecule has 1 aromatic heterocycles. The predicted molar refractivity (Wildman–Crippen MR) is 97.8 cm³/mol. The molecule has 0 saturated carbocycles. The van der Waals surface area contributed by atoms with Gasteiger partial charge in [-0.05, 0) is 47.9 Å². The van der Waals surface area contributed by atoms with E-state index in [4.69, 9.17) is 4.74 Å². The number of nitrogens with one attached hydrogen (secondary N) is 1. The zero-order valence-corrected chi connectivity index (χ0v) is 14.8. The van der Waals surface area contributed by atoms with Gasteiger partial charge in [0.05, 0.1) is 12.6 Å². The highest BCUT2D eigenvalue weighted by Gasteiger charge is 2.14. The van der Waals surface area contributed by atoms with Crippen molar-refractivity contribution in [3.63, 3.8) is 0 Å². The summed E-state index contributed by atoms with van der Waals surface area (Å²) in [5.41, 5.74) is 1.11. The number of rotatable bonds is 3. The average molecular weight is 387 g/mol. The van der Waals surface area contributed by atoms with Crippen molar-refractivity contribution in [3.8, 4) is 5.75 Å². The van der Waals surface area contributed by atoms with Gasteiger partial charge in [0.15, 0.2) is 0 Å². The molecule has 0 aliphatic heterocycles. The number of methoxy groups -OCH3 is 1. The van der Waals surface area contributed by atoms with Crippen LogP contribution in [0.2, 0.25) is 0 Å². The summed E-state index contributed by atoms with van der Waals surface area (Å²) in [6.45, 7) is 0. The molecular weight excluding hydrogens is 372 g/mol. The van der Waals surface area contributed by atoms with Gasteiger partial charge in [0.25, 0.3) is 11.5 Å². The standard InChI is InChI=1S/C18H15BrN2O3/c1-21-16-10-12(19)4-3-11(16)9-15(18(21)23)17(22)20-13-5-7-14(24-2)8-6-13/h3-10H,1-2H3,(H,20,22). The number of hydrogen-bond donors (Lipinski definition) is 1. The largest absolute Gasteiger partial charge is 0.497 e. The first kappa shape index (κ1) is 16.3. The number of halogens is 1. The van der Waals surface area contributed by atoms with Crippen LogP contribution < -0.4 is 15.6 Å². The van der Waals surface area contributed by atoms with E-state index >= 15 is 0 Å². The lowest BCUT2D eigenvalue weighted by Gasteiger charge is -2.10. The van der Waals surface area contributed by atoms with Gasteiger partial charge < -0.3 is 14.6 Å². The monoisotopic (exact) mass is 386 g/mol. The van der Waals surface area contributed by atoms with E-state index in [0.29, 0.717) is 11.4 Å². The highest BCUT2D eigenvalue weighted by Crippen LogP contribution is 2.20. The molecule has 3 aromatic rings. The fourth-order valence-electron chi connectivity index (χ4n) is 2.47. The third kappa shape index (κ3) is 3.05. The van der Waals surface area contributed by atoms with E-state index < -0.39 is 5.91 Å². The van der Waals surface area contributed by atoms with Gasteiger partial charge >= 0.3 is 0 Å². The fraction of sp³-hybridized carbons (Fsp3) is 0.111. The Morgan fingerprint density at radius 1 is 1.12 bits per heavy atom. The topological polar surface area (TPSA) is 60.3 Å². The van der Waals surface area contributed by atoms with Gasteiger partial charge in [0, 0.05) is 17.2 Å². The van der Waals surface area contributed by atoms with Crippen LogP contribution in [-0.4, -0.2) is 17.6 Å². The Balaban J connectivity index is 1.98. The summed E-state index contributed by atoms with van der Waals surface area (Å²) in [6, 6.07) is 14.1. The molecule has 6 heteroatoms. The molecule has 0 aliphatic carbocycles. The third-order valence-corrected chi connectivity index (χ3v) is 4.27. The predicted octanol–water partition coefficient (Wildman–Crippen LogP) is 3.56. The molecule has 1 amide bonds. The molecule has 1 N–H and O–H groups in total. The minimum Gasteiger partial charge on any atom is -0.497 e. The molecule has 122 valence electrons. The molecular formula is C18H15BrN2O3. The number of aryl methyl sites for hydroxylation is 1. The first-order valence-corrected chi connectivity index (χ1v) is 8.03. The van der Waals surface area contributed by atoms with E-state index in [2.05, 4.69) is 21.2 Å². The van der Waals surface area contributed by atoms with E-state index in [1.807, 2.05) is 18.2 Å². The number of carbonyl (C=O) groups is 1. The molecule has 5 nitrogen and oxygen atoms in total. The van der Waals surface area contributed by atoms with E-state index in [1.54, 1.807) is 44.5 Å². The summed E-state index contributed by atoms with van der Waals surface area (Å²) in [6.07, 6.45) is 0. The molecule has 0 radical (unpaired) electrons. The van der Waals surface area contributed by atoms with Crippen molar-refractivity contribution in [1.82, 2.24) is 4.57 Å². The molecule has 0 fully saturated rings. The van der Waals surface area contributed by atoms with Gasteiger partial charge in [0.1, 0.15) is 11.3 Å². The van der Waals surface area contributed by atoms with Crippen LogP contribution in [0.1, 0.15) is 10.4 Å². The summed E-state index contributed by atoms with van der Waals surface area (Å²) >= 11 is 3.39. The number of nitrogens with zero attached hydrogens (tertiary/aromatic N) is 1. The van der Waals surface area contributed by atoms with Crippen LogP contribution in [0.15, 0.2) is 57.8 Å². The second-order valence-electron chi connectivity index (χ2n) is 5.31. The summed E-state index contributed by atoms with van der Waals surface area (Å²) in [7, 11) is 3.23. The van der Waals surface area contributed by atoms with E-state index in [-0.39, 0.29) is 11.1 Å². The van der Waals surface area contributed by atoms with Gasteiger partial charge in [-0.1, -0.05) is 22.0 Å². The molecule has 0 atom stereocenters. The van der Waals surface area contributed by atoms with Crippen LogP contribution in [0.4, 0.5) is 5.69 Å². The Morgan fingerprint density at radius 2 is 1.83 bits per heavy atom. The lowest BCUT2D eigenvalue weighted by Crippen LogP contribution is -2.27. The number of anilines is 1. The zero-order valence-electron chi connectivity index (χ0n) is 13.2. The first-order chi connectivity index (χ1) is 11.5. The Bertz CT molecular complexity index is 978. The van der Waals surface area contributed by atoms with Gasteiger partial charge in [-0.2, -0.15) is 0 Å². The normalized spacial score (nSPS) is 10.6. The van der Waals surface area contributed by atoms with Crippen molar-refractivity contribution in [3.05, 3.63) is 68.9 Å². The Morgan fingerprint density at radius 3 is 2.50 bits per heavy atom. The summed E-state index contributed by atoms with van der Waals surface area (Å²) in [4.78, 5) is 25.0. The second-order valence-corrected chi connectivity index (χ2v) is 6.22. The van der Waals surface area contributed by atoms with Crippen molar-refractivity contribution < 1.29 is 9.53 Å². The highest BCUT2D eigenvalue weighted by molar-refractivity contribution is 9.10. The van der Waals surface area contributed by atoms with Crippen molar-refractivity contribution >= 4 is 38.4 Å². The number of amides is 1. The van der Waals surface area contributed by atoms with Crippen molar-refractivity contribution in [1.29, 1.82) is 0 Å². The zero-order chi connectivity index (χ0) is 17.3. The number of ether oxygens (including phenoxy) is 1. The summed E-state index contributed by atoms with van der Waals surface area (Å²) in [5.74, 6) is 0.255. The van der Waals surface area contributed by atoms with Crippen LogP contribution in [0.5, 0.6) is 5.75 Å². The molecule has 1 heterocycles. The molecule has 0 aliphatic rings. The first-order valence-electron chi connectivity index (χ1n) is 7.24. The number of pyridine rings is 1. The molecule has 2 aromatic carbocycles. The highest BCUT2D eigenvalue weighted by atomic mass is 79.9. The molecule has 24 heavy (non-hydrogen) atoms. The summed E-state index contributed by atoms with van der Waals surface area (Å²) in [5, 5.41) is 3.56. The average Bonchev–Trinajstić information content (AvgIpc) is 2.59. The van der Waals surface area contributed by atoms with Crippen LogP contribution in [0, 0.1) is 0 Å². The summed E-state index contributed by atoms with van der Waals surface area (Å²) < 4.78 is 7.43. The third-order valence-electron chi connectivity index (χ3n) is 3.78. The van der Waals surface area contributed by atoms with Crippen LogP contribution in [0.25, 0.3) is 10.9 Å². The van der Waals surface area contributed by atoms with Gasteiger partial charge in [-0.25, -0.2) is 0 Å². The lowest BCUT2D eigenvalue weighted by atomic mass is 10.1. The smallest absolute Gasteiger partial charge is 0.263 e. The fourth-order valence-corrected chi connectivity index (χ4v) is 2.82. The number of fused-ring (bicyclic) bond motifs is 1. The van der Waals surface area contributed by atoms with E-state index in [1.165, 1.54) is 4.57 Å². The number of hydrogen-bond acceptors (Lipinski definition) is 3. The van der Waals surface area contributed by atoms with Crippen molar-refractivity contribution in [2.24, 2.45) is 7.05 Å². The SMILES string of the molecule is COc1ccc(NC(=O)c2cc3ccc(Br)cc3n(C)c2=O)cc1.